The third-order valence-electron chi connectivity index (χ3n) is 5.58. The molecule has 1 saturated heterocycles. The zero-order valence-electron chi connectivity index (χ0n) is 15.9. The number of nitrogens with zero attached hydrogens (tertiary/aromatic N) is 2. The van der Waals surface area contributed by atoms with Crippen LogP contribution in [0.3, 0.4) is 0 Å². The molecule has 0 spiro atoms. The summed E-state index contributed by atoms with van der Waals surface area (Å²) >= 11 is 1.67. The summed E-state index contributed by atoms with van der Waals surface area (Å²) < 4.78 is 5.38. The fraction of sp³-hybridized carbons (Fsp3) is 0.524. The molecule has 6 heteroatoms. The Morgan fingerprint density at radius 3 is 2.96 bits per heavy atom. The van der Waals surface area contributed by atoms with Crippen LogP contribution in [0.25, 0.3) is 0 Å². The van der Waals surface area contributed by atoms with Crippen LogP contribution in [0.5, 0.6) is 0 Å². The van der Waals surface area contributed by atoms with E-state index in [9.17, 15) is 4.79 Å². The van der Waals surface area contributed by atoms with Gasteiger partial charge in [-0.3, -0.25) is 4.79 Å². The van der Waals surface area contributed by atoms with Crippen LogP contribution < -0.4 is 10.2 Å². The van der Waals surface area contributed by atoms with E-state index < -0.39 is 0 Å². The first-order valence-corrected chi connectivity index (χ1v) is 10.7. The first-order valence-electron chi connectivity index (χ1n) is 9.90. The molecule has 1 aliphatic carbocycles. The molecule has 4 rings (SSSR count). The maximum Gasteiger partial charge on any atom is 0.261 e. The van der Waals surface area contributed by atoms with E-state index >= 15 is 0 Å². The van der Waals surface area contributed by atoms with Gasteiger partial charge in [-0.15, -0.1) is 11.3 Å². The molecule has 5 nitrogen and oxygen atoms in total. The second-order valence-electron chi connectivity index (χ2n) is 7.38. The van der Waals surface area contributed by atoms with E-state index in [0.29, 0.717) is 6.54 Å². The van der Waals surface area contributed by atoms with Gasteiger partial charge in [-0.25, -0.2) is 4.98 Å². The SMILES string of the molecule is CC[C@H]1CCc2sc(C(=O)NCc3ccc(N4CCOCC4)nc3)cc2C1. The minimum atomic E-state index is 0.0275. The van der Waals surface area contributed by atoms with Crippen molar-refractivity contribution >= 4 is 23.1 Å². The molecule has 0 bridgehead atoms. The van der Waals surface area contributed by atoms with Gasteiger partial charge in [-0.1, -0.05) is 19.4 Å². The second-order valence-corrected chi connectivity index (χ2v) is 8.52. The van der Waals surface area contributed by atoms with E-state index in [-0.39, 0.29) is 5.91 Å². The number of hydrogen-bond acceptors (Lipinski definition) is 5. The van der Waals surface area contributed by atoms with Gasteiger partial charge in [-0.2, -0.15) is 0 Å². The number of aromatic nitrogens is 1. The zero-order valence-corrected chi connectivity index (χ0v) is 16.7. The second kappa shape index (κ2) is 8.40. The van der Waals surface area contributed by atoms with E-state index in [1.165, 1.54) is 23.3 Å². The van der Waals surface area contributed by atoms with Crippen molar-refractivity contribution in [2.75, 3.05) is 31.2 Å². The lowest BCUT2D eigenvalue weighted by atomic mass is 9.87. The molecule has 2 aliphatic rings. The van der Waals surface area contributed by atoms with Gasteiger partial charge < -0.3 is 15.0 Å². The number of thiophene rings is 1. The van der Waals surface area contributed by atoms with Crippen LogP contribution in [0, 0.1) is 5.92 Å². The minimum Gasteiger partial charge on any atom is -0.378 e. The Morgan fingerprint density at radius 2 is 2.22 bits per heavy atom. The molecule has 3 heterocycles. The van der Waals surface area contributed by atoms with Gasteiger partial charge in [0.1, 0.15) is 5.82 Å². The smallest absolute Gasteiger partial charge is 0.261 e. The molecule has 0 saturated carbocycles. The highest BCUT2D eigenvalue weighted by Crippen LogP contribution is 2.33. The van der Waals surface area contributed by atoms with Crippen molar-refractivity contribution in [3.8, 4) is 0 Å². The summed E-state index contributed by atoms with van der Waals surface area (Å²) in [5, 5.41) is 3.05. The van der Waals surface area contributed by atoms with Crippen molar-refractivity contribution in [3.05, 3.63) is 45.3 Å². The molecule has 2 aromatic heterocycles. The normalized spacial score (nSPS) is 19.6. The third-order valence-corrected chi connectivity index (χ3v) is 6.82. The summed E-state index contributed by atoms with van der Waals surface area (Å²) in [6.45, 7) is 6.03. The fourth-order valence-corrected chi connectivity index (χ4v) is 4.95. The van der Waals surface area contributed by atoms with E-state index in [0.717, 1.165) is 61.3 Å². The van der Waals surface area contributed by atoms with Gasteiger partial charge >= 0.3 is 0 Å². The highest BCUT2D eigenvalue weighted by molar-refractivity contribution is 7.14. The van der Waals surface area contributed by atoms with Gasteiger partial charge in [0.05, 0.1) is 18.1 Å². The number of fused-ring (bicyclic) bond motifs is 1. The Kier molecular flexibility index (Phi) is 5.74. The monoisotopic (exact) mass is 385 g/mol. The Labute approximate surface area is 164 Å². The largest absolute Gasteiger partial charge is 0.378 e. The molecular weight excluding hydrogens is 358 g/mol. The molecule has 2 aromatic rings. The summed E-state index contributed by atoms with van der Waals surface area (Å²) in [5.74, 6) is 1.78. The number of carbonyl (C=O) groups excluding carboxylic acids is 1. The maximum atomic E-state index is 12.6. The van der Waals surface area contributed by atoms with Gasteiger partial charge in [-0.05, 0) is 48.4 Å². The van der Waals surface area contributed by atoms with Crippen molar-refractivity contribution in [2.45, 2.75) is 39.2 Å². The molecule has 1 fully saturated rings. The molecule has 144 valence electrons. The number of morpholine rings is 1. The quantitative estimate of drug-likeness (QED) is 0.857. The summed E-state index contributed by atoms with van der Waals surface area (Å²) in [5.41, 5.74) is 2.41. The van der Waals surface area contributed by atoms with Crippen LogP contribution in [0.15, 0.2) is 24.4 Å². The Balaban J connectivity index is 1.33. The highest BCUT2D eigenvalue weighted by Gasteiger charge is 2.22. The van der Waals surface area contributed by atoms with Crippen LogP contribution in [0.1, 0.15) is 45.4 Å². The number of rotatable bonds is 5. The van der Waals surface area contributed by atoms with Gasteiger partial charge in [0.15, 0.2) is 0 Å². The lowest BCUT2D eigenvalue weighted by Gasteiger charge is -2.27. The first-order chi connectivity index (χ1) is 13.2. The first kappa shape index (κ1) is 18.4. The van der Waals surface area contributed by atoms with E-state index in [2.05, 4.69) is 28.2 Å². The molecule has 0 aromatic carbocycles. The topological polar surface area (TPSA) is 54.5 Å². The maximum absolute atomic E-state index is 12.6. The Morgan fingerprint density at radius 1 is 1.37 bits per heavy atom. The van der Waals surface area contributed by atoms with Crippen LogP contribution >= 0.6 is 11.3 Å². The van der Waals surface area contributed by atoms with Gasteiger partial charge in [0.2, 0.25) is 0 Å². The molecule has 0 unspecified atom stereocenters. The highest BCUT2D eigenvalue weighted by atomic mass is 32.1. The molecule has 0 radical (unpaired) electrons. The molecule has 1 N–H and O–H groups in total. The standard InChI is InChI=1S/C21H27N3O2S/c1-2-15-3-5-18-17(11-15)12-19(27-18)21(25)23-14-16-4-6-20(22-13-16)24-7-9-26-10-8-24/h4,6,12-13,15H,2-3,5,7-11,14H2,1H3,(H,23,25)/t15-/m0/s1. The van der Waals surface area contributed by atoms with E-state index in [1.807, 2.05) is 18.3 Å². The van der Waals surface area contributed by atoms with E-state index in [4.69, 9.17) is 4.74 Å². The third kappa shape index (κ3) is 4.33. The van der Waals surface area contributed by atoms with Crippen molar-refractivity contribution in [1.29, 1.82) is 0 Å². The van der Waals surface area contributed by atoms with Crippen LogP contribution in [0.2, 0.25) is 0 Å². The average molecular weight is 386 g/mol. The molecule has 1 atom stereocenters. The van der Waals surface area contributed by atoms with Crippen molar-refractivity contribution in [2.24, 2.45) is 5.92 Å². The predicted octanol–water partition coefficient (Wildman–Crippen LogP) is 3.42. The number of anilines is 1. The summed E-state index contributed by atoms with van der Waals surface area (Å²) in [7, 11) is 0. The number of nitrogens with one attached hydrogen (secondary N) is 1. The average Bonchev–Trinajstić information content (AvgIpc) is 3.16. The van der Waals surface area contributed by atoms with Crippen LogP contribution in [0.4, 0.5) is 5.82 Å². The number of pyridine rings is 1. The number of hydrogen-bond donors (Lipinski definition) is 1. The zero-order chi connectivity index (χ0) is 18.6. The number of carbonyl (C=O) groups is 1. The molecular formula is C21H27N3O2S. The molecule has 27 heavy (non-hydrogen) atoms. The number of amides is 1. The Bertz CT molecular complexity index is 781. The lowest BCUT2D eigenvalue weighted by molar-refractivity contribution is 0.0955. The lowest BCUT2D eigenvalue weighted by Crippen LogP contribution is -2.36. The fourth-order valence-electron chi connectivity index (χ4n) is 3.83. The van der Waals surface area contributed by atoms with Gasteiger partial charge in [0, 0.05) is 30.7 Å². The van der Waals surface area contributed by atoms with Gasteiger partial charge in [0.25, 0.3) is 5.91 Å². The van der Waals surface area contributed by atoms with E-state index in [1.54, 1.807) is 11.3 Å². The van der Waals surface area contributed by atoms with Crippen molar-refractivity contribution in [3.63, 3.8) is 0 Å². The molecule has 1 aliphatic heterocycles. The van der Waals surface area contributed by atoms with Crippen molar-refractivity contribution < 1.29 is 9.53 Å². The Hall–Kier alpha value is -1.92. The summed E-state index contributed by atoms with van der Waals surface area (Å²) in [6, 6.07) is 6.18. The molecule has 1 amide bonds. The van der Waals surface area contributed by atoms with Crippen LogP contribution in [-0.2, 0) is 24.1 Å². The summed E-state index contributed by atoms with van der Waals surface area (Å²) in [6.07, 6.45) is 6.59. The minimum absolute atomic E-state index is 0.0275. The van der Waals surface area contributed by atoms with Crippen LogP contribution in [-0.4, -0.2) is 37.2 Å². The number of ether oxygens (including phenoxy) is 1. The predicted molar refractivity (Wildman–Crippen MR) is 109 cm³/mol. The van der Waals surface area contributed by atoms with Crippen molar-refractivity contribution in [1.82, 2.24) is 10.3 Å². The number of aryl methyl sites for hydroxylation is 1. The summed E-state index contributed by atoms with van der Waals surface area (Å²) in [4.78, 5) is 21.6.